The molecule has 0 unspecified atom stereocenters. The molecule has 2 aromatic carbocycles. The lowest BCUT2D eigenvalue weighted by atomic mass is 10.3. The van der Waals surface area contributed by atoms with Crippen LogP contribution in [-0.4, -0.2) is 24.6 Å². The first-order chi connectivity index (χ1) is 10.3. The monoisotopic (exact) mass is 302 g/mol. The number of thioether (sulfide) groups is 1. The van der Waals surface area contributed by atoms with Gasteiger partial charge >= 0.3 is 0 Å². The van der Waals surface area contributed by atoms with Gasteiger partial charge in [-0.25, -0.2) is 0 Å². The van der Waals surface area contributed by atoms with Gasteiger partial charge in [-0.2, -0.15) is 11.8 Å². The largest absolute Gasteiger partial charge is 0.397 e. The zero-order valence-electron chi connectivity index (χ0n) is 12.0. The van der Waals surface area contributed by atoms with Crippen LogP contribution in [-0.2, 0) is 0 Å². The fraction of sp³-hybridized carbons (Fsp3) is 0.250. The predicted octanol–water partition coefficient (Wildman–Crippen LogP) is 3.11. The maximum absolute atomic E-state index is 5.87. The van der Waals surface area contributed by atoms with Crippen LogP contribution in [0.2, 0.25) is 0 Å². The van der Waals surface area contributed by atoms with Gasteiger partial charge in [0.25, 0.3) is 0 Å². The number of benzene rings is 2. The quantitative estimate of drug-likeness (QED) is 0.445. The third-order valence-corrected chi connectivity index (χ3v) is 4.03. The third kappa shape index (κ3) is 5.11. The number of hydrogen-bond donors (Lipinski definition) is 4. The lowest BCUT2D eigenvalue weighted by Gasteiger charge is -2.10. The molecule has 4 nitrogen and oxygen atoms in total. The molecule has 21 heavy (non-hydrogen) atoms. The molecule has 0 aliphatic rings. The van der Waals surface area contributed by atoms with E-state index in [2.05, 4.69) is 10.6 Å². The molecule has 0 aliphatic carbocycles. The van der Waals surface area contributed by atoms with Gasteiger partial charge in [-0.15, -0.1) is 0 Å². The van der Waals surface area contributed by atoms with E-state index in [9.17, 15) is 0 Å². The molecule has 0 atom stereocenters. The second-order valence-corrected chi connectivity index (χ2v) is 5.87. The molecule has 0 amide bonds. The van der Waals surface area contributed by atoms with Crippen molar-refractivity contribution in [3.63, 3.8) is 0 Å². The maximum Gasteiger partial charge on any atom is 0.0574 e. The van der Waals surface area contributed by atoms with Crippen LogP contribution >= 0.6 is 11.8 Å². The smallest absolute Gasteiger partial charge is 0.0574 e. The van der Waals surface area contributed by atoms with E-state index in [1.165, 1.54) is 0 Å². The van der Waals surface area contributed by atoms with E-state index in [-0.39, 0.29) is 0 Å². The standard InChI is InChI=1S/C16H22N4S/c17-13-5-1-3-7-15(13)19-9-11-21-12-10-20-16-8-4-2-6-14(16)18/h1-8,19-20H,9-12,17-18H2. The molecule has 0 saturated heterocycles. The molecule has 6 N–H and O–H groups in total. The number of nitrogen functional groups attached to an aromatic ring is 2. The predicted molar refractivity (Wildman–Crippen MR) is 96.0 cm³/mol. The number of para-hydroxylation sites is 4. The first-order valence-corrected chi connectivity index (χ1v) is 8.17. The first-order valence-electron chi connectivity index (χ1n) is 7.02. The van der Waals surface area contributed by atoms with Gasteiger partial charge in [0.15, 0.2) is 0 Å². The van der Waals surface area contributed by atoms with Gasteiger partial charge in [-0.1, -0.05) is 24.3 Å². The van der Waals surface area contributed by atoms with E-state index < -0.39 is 0 Å². The molecule has 0 bridgehead atoms. The van der Waals surface area contributed by atoms with Crippen molar-refractivity contribution in [2.24, 2.45) is 0 Å². The van der Waals surface area contributed by atoms with Gasteiger partial charge < -0.3 is 22.1 Å². The van der Waals surface area contributed by atoms with Crippen molar-refractivity contribution in [3.8, 4) is 0 Å². The van der Waals surface area contributed by atoms with Gasteiger partial charge in [0.2, 0.25) is 0 Å². The molecule has 0 radical (unpaired) electrons. The SMILES string of the molecule is Nc1ccccc1NCCSCCNc1ccccc1N. The zero-order valence-corrected chi connectivity index (χ0v) is 12.8. The molecular weight excluding hydrogens is 280 g/mol. The molecular formula is C16H22N4S. The van der Waals surface area contributed by atoms with Crippen molar-refractivity contribution in [2.45, 2.75) is 0 Å². The molecule has 0 heterocycles. The summed E-state index contributed by atoms with van der Waals surface area (Å²) < 4.78 is 0. The topological polar surface area (TPSA) is 76.1 Å². The molecule has 2 aromatic rings. The van der Waals surface area contributed by atoms with E-state index in [1.807, 2.05) is 60.3 Å². The van der Waals surface area contributed by atoms with Gasteiger partial charge in [-0.05, 0) is 24.3 Å². The molecule has 5 heteroatoms. The summed E-state index contributed by atoms with van der Waals surface area (Å²) >= 11 is 1.90. The van der Waals surface area contributed by atoms with Crippen LogP contribution in [0.5, 0.6) is 0 Å². The summed E-state index contributed by atoms with van der Waals surface area (Å²) in [5, 5.41) is 6.69. The highest BCUT2D eigenvalue weighted by Crippen LogP contribution is 2.17. The Hall–Kier alpha value is -2.01. The van der Waals surface area contributed by atoms with Gasteiger partial charge in [0, 0.05) is 24.6 Å². The Balaban J connectivity index is 1.57. The first kappa shape index (κ1) is 15.4. The van der Waals surface area contributed by atoms with Crippen LogP contribution in [0.3, 0.4) is 0 Å². The summed E-state index contributed by atoms with van der Waals surface area (Å²) in [6, 6.07) is 15.7. The van der Waals surface area contributed by atoms with Crippen molar-refractivity contribution in [1.29, 1.82) is 0 Å². The average molecular weight is 302 g/mol. The van der Waals surface area contributed by atoms with E-state index >= 15 is 0 Å². The average Bonchev–Trinajstić information content (AvgIpc) is 2.50. The summed E-state index contributed by atoms with van der Waals surface area (Å²) in [7, 11) is 0. The zero-order chi connectivity index (χ0) is 14.9. The number of hydrogen-bond acceptors (Lipinski definition) is 5. The normalized spacial score (nSPS) is 10.3. The summed E-state index contributed by atoms with van der Waals surface area (Å²) in [4.78, 5) is 0. The molecule has 112 valence electrons. The minimum atomic E-state index is 0.795. The van der Waals surface area contributed by atoms with Gasteiger partial charge in [0.05, 0.1) is 22.7 Å². The Labute approximate surface area is 130 Å². The van der Waals surface area contributed by atoms with Crippen molar-refractivity contribution in [3.05, 3.63) is 48.5 Å². The lowest BCUT2D eigenvalue weighted by Crippen LogP contribution is -2.09. The van der Waals surface area contributed by atoms with Crippen LogP contribution in [0.4, 0.5) is 22.7 Å². The fourth-order valence-electron chi connectivity index (χ4n) is 1.93. The van der Waals surface area contributed by atoms with Gasteiger partial charge in [0.1, 0.15) is 0 Å². The highest BCUT2D eigenvalue weighted by Gasteiger charge is 1.97. The molecule has 0 aromatic heterocycles. The molecule has 0 fully saturated rings. The second kappa shape index (κ2) is 8.32. The molecule has 2 rings (SSSR count). The fourth-order valence-corrected chi connectivity index (χ4v) is 2.63. The minimum Gasteiger partial charge on any atom is -0.397 e. The lowest BCUT2D eigenvalue weighted by molar-refractivity contribution is 1.20. The number of anilines is 4. The summed E-state index contributed by atoms with van der Waals surface area (Å²) in [6.45, 7) is 1.82. The van der Waals surface area contributed by atoms with Crippen LogP contribution in [0.15, 0.2) is 48.5 Å². The second-order valence-electron chi connectivity index (χ2n) is 4.64. The molecule has 0 saturated carbocycles. The van der Waals surface area contributed by atoms with Crippen molar-refractivity contribution in [2.75, 3.05) is 46.7 Å². The van der Waals surface area contributed by atoms with Crippen LogP contribution < -0.4 is 22.1 Å². The van der Waals surface area contributed by atoms with E-state index in [0.717, 1.165) is 47.3 Å². The van der Waals surface area contributed by atoms with Crippen molar-refractivity contribution < 1.29 is 0 Å². The Morgan fingerprint density at radius 2 is 1.14 bits per heavy atom. The van der Waals surface area contributed by atoms with Crippen molar-refractivity contribution >= 4 is 34.5 Å². The number of rotatable bonds is 8. The maximum atomic E-state index is 5.87. The van der Waals surface area contributed by atoms with Crippen LogP contribution in [0.1, 0.15) is 0 Å². The van der Waals surface area contributed by atoms with Crippen LogP contribution in [0.25, 0.3) is 0 Å². The number of nitrogens with two attached hydrogens (primary N) is 2. The molecule has 0 spiro atoms. The minimum absolute atomic E-state index is 0.795. The van der Waals surface area contributed by atoms with E-state index in [0.29, 0.717) is 0 Å². The highest BCUT2D eigenvalue weighted by atomic mass is 32.2. The summed E-state index contributed by atoms with van der Waals surface area (Å²) in [5.74, 6) is 2.08. The Morgan fingerprint density at radius 3 is 1.57 bits per heavy atom. The Bertz CT molecular complexity index is 510. The van der Waals surface area contributed by atoms with Crippen LogP contribution in [0, 0.1) is 0 Å². The number of nitrogens with one attached hydrogen (secondary N) is 2. The van der Waals surface area contributed by atoms with Gasteiger partial charge in [-0.3, -0.25) is 0 Å². The Kier molecular flexibility index (Phi) is 6.09. The third-order valence-electron chi connectivity index (χ3n) is 3.05. The summed E-state index contributed by atoms with van der Waals surface area (Å²) in [6.07, 6.45) is 0. The van der Waals surface area contributed by atoms with E-state index in [1.54, 1.807) is 0 Å². The molecule has 0 aliphatic heterocycles. The highest BCUT2D eigenvalue weighted by molar-refractivity contribution is 7.99. The van der Waals surface area contributed by atoms with E-state index in [4.69, 9.17) is 11.5 Å². The Morgan fingerprint density at radius 1 is 0.714 bits per heavy atom. The summed E-state index contributed by atoms with van der Waals surface area (Å²) in [5.41, 5.74) is 15.3. The van der Waals surface area contributed by atoms with Crippen molar-refractivity contribution in [1.82, 2.24) is 0 Å².